The molecule has 2 aliphatic rings. The van der Waals surface area contributed by atoms with Gasteiger partial charge in [0.2, 0.25) is 5.91 Å². The topological polar surface area (TPSA) is 61.9 Å². The number of amides is 1. The molecular weight excluding hydrogens is 410 g/mol. The zero-order valence-corrected chi connectivity index (χ0v) is 17.5. The first-order chi connectivity index (χ1) is 15.5. The van der Waals surface area contributed by atoms with E-state index in [-0.39, 0.29) is 18.4 Å². The molecule has 0 spiro atoms. The maximum atomic E-state index is 14.3. The molecule has 1 fully saturated rings. The highest BCUT2D eigenvalue weighted by Gasteiger charge is 2.33. The van der Waals surface area contributed by atoms with Crippen molar-refractivity contribution in [1.82, 2.24) is 14.7 Å². The predicted octanol–water partition coefficient (Wildman–Crippen LogP) is 4.43. The minimum Gasteiger partial charge on any atom is -0.338 e. The number of nitrogens with zero attached hydrogens (tertiary/aromatic N) is 4. The quantitative estimate of drug-likeness (QED) is 0.613. The molecule has 5 nitrogen and oxygen atoms in total. The van der Waals surface area contributed by atoms with Crippen LogP contribution in [0.1, 0.15) is 41.6 Å². The fourth-order valence-electron chi connectivity index (χ4n) is 4.50. The Morgan fingerprint density at radius 3 is 2.75 bits per heavy atom. The molecule has 1 amide bonds. The summed E-state index contributed by atoms with van der Waals surface area (Å²) in [5.41, 5.74) is 4.24. The molecule has 1 aromatic heterocycles. The lowest BCUT2D eigenvalue weighted by Crippen LogP contribution is -2.42. The molecule has 1 aliphatic carbocycles. The van der Waals surface area contributed by atoms with Gasteiger partial charge in [0.15, 0.2) is 0 Å². The molecule has 5 rings (SSSR count). The van der Waals surface area contributed by atoms with Gasteiger partial charge in [0, 0.05) is 53.9 Å². The van der Waals surface area contributed by atoms with Crippen LogP contribution in [0.4, 0.5) is 8.78 Å². The Hall–Kier alpha value is -3.53. The first-order valence-corrected chi connectivity index (χ1v) is 10.9. The molecule has 3 aromatic rings. The molecule has 32 heavy (non-hydrogen) atoms. The number of hydrogen-bond donors (Lipinski definition) is 0. The van der Waals surface area contributed by atoms with Crippen molar-refractivity contribution in [1.29, 1.82) is 5.26 Å². The van der Waals surface area contributed by atoms with E-state index in [0.29, 0.717) is 36.3 Å². The Kier molecular flexibility index (Phi) is 5.22. The van der Waals surface area contributed by atoms with E-state index >= 15 is 0 Å². The number of aromatic nitrogens is 2. The number of carbonyl (C=O) groups excluding carboxylic acids is 1. The van der Waals surface area contributed by atoms with E-state index in [2.05, 4.69) is 6.07 Å². The van der Waals surface area contributed by atoms with Crippen molar-refractivity contribution in [3.8, 4) is 17.3 Å². The molecule has 0 saturated heterocycles. The lowest BCUT2D eigenvalue weighted by atomic mass is 9.84. The highest BCUT2D eigenvalue weighted by atomic mass is 19.1. The van der Waals surface area contributed by atoms with Gasteiger partial charge in [-0.3, -0.25) is 9.48 Å². The summed E-state index contributed by atoms with van der Waals surface area (Å²) in [5.74, 6) is -0.922. The van der Waals surface area contributed by atoms with Gasteiger partial charge in [0.1, 0.15) is 11.6 Å². The number of fused-ring (bicyclic) bond motifs is 1. The third-order valence-electron chi connectivity index (χ3n) is 6.50. The Morgan fingerprint density at radius 2 is 2.03 bits per heavy atom. The average Bonchev–Trinajstić information content (AvgIpc) is 3.12. The summed E-state index contributed by atoms with van der Waals surface area (Å²) in [5, 5.41) is 14.1. The van der Waals surface area contributed by atoms with Crippen LogP contribution in [0.2, 0.25) is 0 Å². The van der Waals surface area contributed by atoms with Crippen molar-refractivity contribution in [3.63, 3.8) is 0 Å². The van der Waals surface area contributed by atoms with E-state index in [9.17, 15) is 18.8 Å². The number of rotatable bonds is 4. The molecule has 162 valence electrons. The van der Waals surface area contributed by atoms with Gasteiger partial charge in [-0.25, -0.2) is 8.78 Å². The monoisotopic (exact) mass is 432 g/mol. The molecule has 7 heteroatoms. The number of nitriles is 1. The Labute approximate surface area is 184 Å². The number of halogens is 2. The van der Waals surface area contributed by atoms with Gasteiger partial charge >= 0.3 is 0 Å². The van der Waals surface area contributed by atoms with Crippen molar-refractivity contribution in [2.45, 2.75) is 38.8 Å². The molecule has 0 radical (unpaired) electrons. The van der Waals surface area contributed by atoms with E-state index < -0.39 is 11.6 Å². The minimum atomic E-state index is -0.618. The van der Waals surface area contributed by atoms with Gasteiger partial charge in [0.25, 0.3) is 0 Å². The molecule has 0 bridgehead atoms. The third-order valence-corrected chi connectivity index (χ3v) is 6.50. The fourth-order valence-corrected chi connectivity index (χ4v) is 4.50. The van der Waals surface area contributed by atoms with Gasteiger partial charge in [-0.2, -0.15) is 10.4 Å². The normalized spacial score (nSPS) is 15.7. The summed E-state index contributed by atoms with van der Waals surface area (Å²) in [6, 6.07) is 12.9. The summed E-state index contributed by atoms with van der Waals surface area (Å²) in [4.78, 5) is 14.8. The fraction of sp³-hybridized carbons (Fsp3) is 0.320. The predicted molar refractivity (Wildman–Crippen MR) is 114 cm³/mol. The second-order valence-electron chi connectivity index (χ2n) is 8.50. The summed E-state index contributed by atoms with van der Waals surface area (Å²) in [6.07, 6.45) is 3.61. The highest BCUT2D eigenvalue weighted by molar-refractivity contribution is 5.80. The average molecular weight is 432 g/mol. The van der Waals surface area contributed by atoms with Crippen LogP contribution in [0, 0.1) is 28.9 Å². The molecule has 1 saturated carbocycles. The van der Waals surface area contributed by atoms with Crippen LogP contribution in [-0.4, -0.2) is 27.1 Å². The first kappa shape index (κ1) is 20.4. The van der Waals surface area contributed by atoms with Crippen molar-refractivity contribution in [2.75, 3.05) is 6.54 Å². The van der Waals surface area contributed by atoms with Crippen LogP contribution in [0.15, 0.2) is 42.5 Å². The van der Waals surface area contributed by atoms with Crippen LogP contribution in [0.3, 0.4) is 0 Å². The first-order valence-electron chi connectivity index (χ1n) is 10.9. The lowest BCUT2D eigenvalue weighted by Gasteiger charge is -2.34. The van der Waals surface area contributed by atoms with E-state index in [0.717, 1.165) is 42.1 Å². The van der Waals surface area contributed by atoms with E-state index in [1.165, 1.54) is 12.1 Å². The Bertz CT molecular complexity index is 1240. The van der Waals surface area contributed by atoms with Crippen LogP contribution in [0.5, 0.6) is 0 Å². The molecule has 1 aliphatic heterocycles. The van der Waals surface area contributed by atoms with E-state index in [4.69, 9.17) is 5.10 Å². The van der Waals surface area contributed by atoms with Crippen LogP contribution < -0.4 is 0 Å². The van der Waals surface area contributed by atoms with Crippen LogP contribution in [-0.2, 0) is 24.3 Å². The zero-order valence-electron chi connectivity index (χ0n) is 17.5. The Morgan fingerprint density at radius 1 is 1.19 bits per heavy atom. The molecule has 2 heterocycles. The Balaban J connectivity index is 1.55. The maximum Gasteiger partial charge on any atom is 0.225 e. The van der Waals surface area contributed by atoms with Gasteiger partial charge in [-0.1, -0.05) is 24.6 Å². The molecular formula is C25H22F2N4O. The number of carbonyl (C=O) groups is 1. The highest BCUT2D eigenvalue weighted by Crippen LogP contribution is 2.34. The number of hydrogen-bond acceptors (Lipinski definition) is 3. The smallest absolute Gasteiger partial charge is 0.225 e. The van der Waals surface area contributed by atoms with Crippen molar-refractivity contribution in [2.24, 2.45) is 5.92 Å². The van der Waals surface area contributed by atoms with Crippen molar-refractivity contribution in [3.05, 3.63) is 76.5 Å². The largest absolute Gasteiger partial charge is 0.338 e. The summed E-state index contributed by atoms with van der Waals surface area (Å²) in [7, 11) is 0. The molecule has 0 unspecified atom stereocenters. The van der Waals surface area contributed by atoms with Crippen molar-refractivity contribution < 1.29 is 13.6 Å². The zero-order chi connectivity index (χ0) is 22.2. The second-order valence-corrected chi connectivity index (χ2v) is 8.50. The van der Waals surface area contributed by atoms with Crippen LogP contribution >= 0.6 is 0 Å². The third kappa shape index (κ3) is 3.66. The molecule has 2 aromatic carbocycles. The standard InChI is InChI=1S/C25H22F2N4O/c26-20-8-7-19(22(27)12-20)14-31-23-9-10-30(25(32)17-4-2-5-17)15-21(23)24(29-31)18-6-1-3-16(11-18)13-28/h1,3,6-8,11-12,17H,2,4-5,9-10,14-15H2. The van der Waals surface area contributed by atoms with Gasteiger partial charge in [0.05, 0.1) is 23.9 Å². The number of benzene rings is 2. The van der Waals surface area contributed by atoms with Gasteiger partial charge in [-0.05, 0) is 31.0 Å². The lowest BCUT2D eigenvalue weighted by molar-refractivity contribution is -0.139. The van der Waals surface area contributed by atoms with Crippen molar-refractivity contribution >= 4 is 5.91 Å². The minimum absolute atomic E-state index is 0.116. The van der Waals surface area contributed by atoms with Crippen LogP contribution in [0.25, 0.3) is 11.3 Å². The van der Waals surface area contributed by atoms with E-state index in [1.807, 2.05) is 11.0 Å². The van der Waals surface area contributed by atoms with Gasteiger partial charge in [-0.15, -0.1) is 0 Å². The second kappa shape index (κ2) is 8.19. The molecule has 0 atom stereocenters. The van der Waals surface area contributed by atoms with Gasteiger partial charge < -0.3 is 4.90 Å². The summed E-state index contributed by atoms with van der Waals surface area (Å²) in [6.45, 7) is 1.21. The maximum absolute atomic E-state index is 14.3. The summed E-state index contributed by atoms with van der Waals surface area (Å²) >= 11 is 0. The SMILES string of the molecule is N#Cc1cccc(-c2nn(Cc3ccc(F)cc3F)c3c2CN(C(=O)C2CCC2)CC3)c1. The molecule has 0 N–H and O–H groups in total. The summed E-state index contributed by atoms with van der Waals surface area (Å²) < 4.78 is 29.4. The van der Waals surface area contributed by atoms with E-state index in [1.54, 1.807) is 22.9 Å².